The van der Waals surface area contributed by atoms with Gasteiger partial charge < -0.3 is 5.32 Å². The summed E-state index contributed by atoms with van der Waals surface area (Å²) >= 11 is 4.11. The Morgan fingerprint density at radius 2 is 2.12 bits per heavy atom. The van der Waals surface area contributed by atoms with Gasteiger partial charge in [-0.1, -0.05) is 17.8 Å². The SMILES string of the molecule is CNC(=O)NC(=O)C(C)Sc1nc2scc(-c3cccs3)c2c(=O)n1C. The number of carbonyl (C=O) groups excluding carboxylic acids is 2. The average molecular weight is 409 g/mol. The summed E-state index contributed by atoms with van der Waals surface area (Å²) in [5.41, 5.74) is 0.733. The molecule has 0 spiro atoms. The van der Waals surface area contributed by atoms with Crippen molar-refractivity contribution in [3.05, 3.63) is 33.2 Å². The highest BCUT2D eigenvalue weighted by molar-refractivity contribution is 8.00. The molecular formula is C16H16N4O3S3. The number of urea groups is 1. The van der Waals surface area contributed by atoms with Crippen LogP contribution in [0.25, 0.3) is 20.7 Å². The molecule has 0 fully saturated rings. The third-order valence-corrected chi connectivity index (χ3v) is 6.60. The average Bonchev–Trinajstić information content (AvgIpc) is 3.28. The summed E-state index contributed by atoms with van der Waals surface area (Å²) in [6, 6.07) is 3.34. The molecule has 0 radical (unpaired) electrons. The number of fused-ring (bicyclic) bond motifs is 1. The Kier molecular flexibility index (Phi) is 5.44. The van der Waals surface area contributed by atoms with Crippen LogP contribution in [0.5, 0.6) is 0 Å². The maximum atomic E-state index is 12.9. The number of hydrogen-bond donors (Lipinski definition) is 2. The maximum absolute atomic E-state index is 12.9. The lowest BCUT2D eigenvalue weighted by molar-refractivity contribution is -0.119. The minimum Gasteiger partial charge on any atom is -0.341 e. The molecule has 3 rings (SSSR count). The van der Waals surface area contributed by atoms with Gasteiger partial charge >= 0.3 is 6.03 Å². The second kappa shape index (κ2) is 7.60. The Labute approximate surface area is 161 Å². The van der Waals surface area contributed by atoms with E-state index in [0.717, 1.165) is 22.2 Å². The van der Waals surface area contributed by atoms with Crippen LogP contribution in [0.4, 0.5) is 4.79 Å². The molecule has 3 amide bonds. The van der Waals surface area contributed by atoms with Crippen LogP contribution in [0, 0.1) is 0 Å². The van der Waals surface area contributed by atoms with Gasteiger partial charge in [-0.15, -0.1) is 22.7 Å². The highest BCUT2D eigenvalue weighted by atomic mass is 32.2. The molecule has 3 aromatic heterocycles. The van der Waals surface area contributed by atoms with Gasteiger partial charge in [0, 0.05) is 29.9 Å². The summed E-state index contributed by atoms with van der Waals surface area (Å²) in [7, 11) is 3.07. The first-order chi connectivity index (χ1) is 12.4. The van der Waals surface area contributed by atoms with Gasteiger partial charge in [-0.2, -0.15) is 0 Å². The standard InChI is InChI=1S/C16H16N4O3S3/c1-8(12(21)18-15(23)17-2)26-16-19-13-11(14(22)20(16)3)9(7-25-13)10-5-4-6-24-10/h4-8H,1-3H3,(H2,17,18,21,23). The van der Waals surface area contributed by atoms with Gasteiger partial charge in [0.15, 0.2) is 5.16 Å². The van der Waals surface area contributed by atoms with Gasteiger partial charge in [-0.3, -0.25) is 19.5 Å². The smallest absolute Gasteiger partial charge is 0.321 e. The zero-order valence-electron chi connectivity index (χ0n) is 14.2. The molecule has 10 heteroatoms. The van der Waals surface area contributed by atoms with Crippen LogP contribution in [0.2, 0.25) is 0 Å². The third-order valence-electron chi connectivity index (χ3n) is 3.68. The molecule has 0 bridgehead atoms. The summed E-state index contributed by atoms with van der Waals surface area (Å²) in [6.07, 6.45) is 0. The minimum absolute atomic E-state index is 0.152. The number of hydrogen-bond acceptors (Lipinski definition) is 7. The van der Waals surface area contributed by atoms with Crippen LogP contribution >= 0.6 is 34.4 Å². The fourth-order valence-electron chi connectivity index (χ4n) is 2.26. The minimum atomic E-state index is -0.584. The Balaban J connectivity index is 1.94. The van der Waals surface area contributed by atoms with Gasteiger partial charge in [0.2, 0.25) is 5.91 Å². The summed E-state index contributed by atoms with van der Waals surface area (Å²) in [5.74, 6) is -0.450. The second-order valence-electron chi connectivity index (χ2n) is 5.39. The maximum Gasteiger partial charge on any atom is 0.321 e. The van der Waals surface area contributed by atoms with Crippen LogP contribution in [0.15, 0.2) is 32.8 Å². The van der Waals surface area contributed by atoms with Crippen LogP contribution < -0.4 is 16.2 Å². The van der Waals surface area contributed by atoms with E-state index >= 15 is 0 Å². The van der Waals surface area contributed by atoms with Crippen molar-refractivity contribution < 1.29 is 9.59 Å². The molecule has 0 aliphatic rings. The van der Waals surface area contributed by atoms with Crippen molar-refractivity contribution in [1.82, 2.24) is 20.2 Å². The summed E-state index contributed by atoms with van der Waals surface area (Å²) < 4.78 is 1.44. The van der Waals surface area contributed by atoms with E-state index in [4.69, 9.17) is 0 Å². The lowest BCUT2D eigenvalue weighted by Gasteiger charge is -2.12. The van der Waals surface area contributed by atoms with E-state index in [1.165, 1.54) is 23.0 Å². The van der Waals surface area contributed by atoms with Crippen molar-refractivity contribution in [2.24, 2.45) is 7.05 Å². The van der Waals surface area contributed by atoms with Gasteiger partial charge in [0.25, 0.3) is 5.56 Å². The normalized spacial score (nSPS) is 12.1. The first-order valence-electron chi connectivity index (χ1n) is 7.63. The molecule has 1 unspecified atom stereocenters. The van der Waals surface area contributed by atoms with E-state index in [9.17, 15) is 14.4 Å². The van der Waals surface area contributed by atoms with Gasteiger partial charge in [0.1, 0.15) is 4.83 Å². The molecule has 1 atom stereocenters. The predicted molar refractivity (Wildman–Crippen MR) is 106 cm³/mol. The predicted octanol–water partition coefficient (Wildman–Crippen LogP) is 2.66. The van der Waals surface area contributed by atoms with Crippen molar-refractivity contribution >= 4 is 56.6 Å². The number of aromatic nitrogens is 2. The molecular weight excluding hydrogens is 392 g/mol. The van der Waals surface area contributed by atoms with Crippen molar-refractivity contribution in [3.8, 4) is 10.4 Å². The first kappa shape index (κ1) is 18.6. The van der Waals surface area contributed by atoms with Crippen LogP contribution in [-0.4, -0.2) is 33.8 Å². The Morgan fingerprint density at radius 3 is 2.77 bits per heavy atom. The van der Waals surface area contributed by atoms with Crippen molar-refractivity contribution in [2.45, 2.75) is 17.3 Å². The molecule has 3 aromatic rings. The molecule has 0 aromatic carbocycles. The number of thiophene rings is 2. The summed E-state index contributed by atoms with van der Waals surface area (Å²) in [5, 5.41) is 8.89. The van der Waals surface area contributed by atoms with Crippen LogP contribution in [0.3, 0.4) is 0 Å². The Bertz CT molecular complexity index is 1020. The number of nitrogens with one attached hydrogen (secondary N) is 2. The van der Waals surface area contributed by atoms with E-state index in [1.807, 2.05) is 22.9 Å². The Hall–Kier alpha value is -2.17. The van der Waals surface area contributed by atoms with E-state index in [-0.39, 0.29) is 5.56 Å². The summed E-state index contributed by atoms with van der Waals surface area (Å²) in [4.78, 5) is 42.4. The van der Waals surface area contributed by atoms with E-state index in [1.54, 1.807) is 25.3 Å². The molecule has 7 nitrogen and oxygen atoms in total. The molecule has 0 saturated heterocycles. The van der Waals surface area contributed by atoms with E-state index in [2.05, 4.69) is 15.6 Å². The van der Waals surface area contributed by atoms with E-state index < -0.39 is 17.2 Å². The van der Waals surface area contributed by atoms with Crippen LogP contribution in [0.1, 0.15) is 6.92 Å². The van der Waals surface area contributed by atoms with Gasteiger partial charge in [0.05, 0.1) is 10.6 Å². The third kappa shape index (κ3) is 3.53. The molecule has 0 saturated carbocycles. The summed E-state index contributed by atoms with van der Waals surface area (Å²) in [6.45, 7) is 1.66. The lowest BCUT2D eigenvalue weighted by atomic mass is 10.2. The monoisotopic (exact) mass is 408 g/mol. The molecule has 3 heterocycles. The molecule has 136 valence electrons. The first-order valence-corrected chi connectivity index (χ1v) is 10.3. The molecule has 0 aliphatic carbocycles. The molecule has 0 aliphatic heterocycles. The number of rotatable bonds is 4. The van der Waals surface area contributed by atoms with Crippen molar-refractivity contribution in [2.75, 3.05) is 7.05 Å². The quantitative estimate of drug-likeness (QED) is 0.511. The molecule has 26 heavy (non-hydrogen) atoms. The fourth-order valence-corrected chi connectivity index (χ4v) is 4.94. The highest BCUT2D eigenvalue weighted by Crippen LogP contribution is 2.34. The zero-order valence-corrected chi connectivity index (χ0v) is 16.7. The van der Waals surface area contributed by atoms with Crippen molar-refractivity contribution in [1.29, 1.82) is 0 Å². The van der Waals surface area contributed by atoms with Crippen molar-refractivity contribution in [3.63, 3.8) is 0 Å². The number of nitrogens with zero attached hydrogens (tertiary/aromatic N) is 2. The van der Waals surface area contributed by atoms with E-state index in [0.29, 0.717) is 15.4 Å². The van der Waals surface area contributed by atoms with Gasteiger partial charge in [-0.05, 0) is 18.4 Å². The zero-order chi connectivity index (χ0) is 18.8. The second-order valence-corrected chi connectivity index (χ2v) is 8.51. The lowest BCUT2D eigenvalue weighted by Crippen LogP contribution is -2.41. The van der Waals surface area contributed by atoms with Crippen LogP contribution in [-0.2, 0) is 11.8 Å². The number of thioether (sulfide) groups is 1. The number of amides is 3. The highest BCUT2D eigenvalue weighted by Gasteiger charge is 2.21. The topological polar surface area (TPSA) is 93.1 Å². The number of imide groups is 1. The molecule has 2 N–H and O–H groups in total. The number of carbonyl (C=O) groups is 2. The fraction of sp³-hybridized carbons (Fsp3) is 0.250. The Morgan fingerprint density at radius 1 is 1.35 bits per heavy atom. The largest absolute Gasteiger partial charge is 0.341 e. The van der Waals surface area contributed by atoms with Gasteiger partial charge in [-0.25, -0.2) is 9.78 Å².